The molecule has 0 bridgehead atoms. The first-order valence-electron chi connectivity index (χ1n) is 26.6. The molecule has 0 rings (SSSR count). The maximum absolute atomic E-state index is 12.8. The van der Waals surface area contributed by atoms with Crippen molar-refractivity contribution in [3.63, 3.8) is 0 Å². The van der Waals surface area contributed by atoms with E-state index < -0.39 is 6.10 Å². The zero-order valence-corrected chi connectivity index (χ0v) is 41.8. The summed E-state index contributed by atoms with van der Waals surface area (Å²) in [5.74, 6) is -0.979. The normalized spacial score (nSPS) is 12.7. The highest BCUT2D eigenvalue weighted by molar-refractivity contribution is 5.71. The van der Waals surface area contributed by atoms with E-state index in [0.29, 0.717) is 19.3 Å². The summed E-state index contributed by atoms with van der Waals surface area (Å²) in [6, 6.07) is 0. The van der Waals surface area contributed by atoms with E-state index in [1.807, 2.05) is 0 Å². The van der Waals surface area contributed by atoms with E-state index >= 15 is 0 Å². The molecule has 0 aliphatic carbocycles. The second kappa shape index (κ2) is 52.2. The van der Waals surface area contributed by atoms with E-state index in [1.54, 1.807) is 0 Å². The van der Waals surface area contributed by atoms with Crippen LogP contribution in [0.4, 0.5) is 0 Å². The molecule has 366 valence electrons. The third-order valence-electron chi connectivity index (χ3n) is 11.1. The van der Waals surface area contributed by atoms with E-state index in [2.05, 4.69) is 106 Å². The van der Waals surface area contributed by atoms with Gasteiger partial charge in [-0.25, -0.2) is 0 Å². The summed E-state index contributed by atoms with van der Waals surface area (Å²) in [7, 11) is 0. The number of hydrogen-bond donors (Lipinski definition) is 0. The lowest BCUT2D eigenvalue weighted by atomic mass is 10.1. The summed E-state index contributed by atoms with van der Waals surface area (Å²) in [6.07, 6.45) is 67.2. The largest absolute Gasteiger partial charge is 0.462 e. The van der Waals surface area contributed by atoms with Gasteiger partial charge in [-0.3, -0.25) is 14.4 Å². The summed E-state index contributed by atoms with van der Waals surface area (Å²) < 4.78 is 16.7. The van der Waals surface area contributed by atoms with Gasteiger partial charge in [0.1, 0.15) is 13.2 Å². The molecule has 0 amide bonds. The van der Waals surface area contributed by atoms with Gasteiger partial charge in [-0.1, -0.05) is 202 Å². The maximum atomic E-state index is 12.8. The Morgan fingerprint density at radius 3 is 1.05 bits per heavy atom. The second-order valence-electron chi connectivity index (χ2n) is 17.4. The lowest BCUT2D eigenvalue weighted by Gasteiger charge is -2.18. The average molecular weight is 891 g/mol. The minimum Gasteiger partial charge on any atom is -0.462 e. The van der Waals surface area contributed by atoms with Gasteiger partial charge in [-0.15, -0.1) is 0 Å². The smallest absolute Gasteiger partial charge is 0.306 e. The molecule has 0 radical (unpaired) electrons. The van der Waals surface area contributed by atoms with Crippen molar-refractivity contribution < 1.29 is 28.6 Å². The molecular formula is C58H98O6. The van der Waals surface area contributed by atoms with Gasteiger partial charge in [-0.05, 0) is 109 Å². The van der Waals surface area contributed by atoms with Crippen LogP contribution in [0.25, 0.3) is 0 Å². The van der Waals surface area contributed by atoms with Crippen LogP contribution in [0.3, 0.4) is 0 Å². The van der Waals surface area contributed by atoms with Crippen LogP contribution in [0.15, 0.2) is 85.1 Å². The van der Waals surface area contributed by atoms with Gasteiger partial charge in [0, 0.05) is 19.3 Å². The maximum Gasteiger partial charge on any atom is 0.306 e. The van der Waals surface area contributed by atoms with Crippen molar-refractivity contribution in [3.8, 4) is 0 Å². The van der Waals surface area contributed by atoms with Crippen molar-refractivity contribution in [3.05, 3.63) is 85.1 Å². The molecule has 64 heavy (non-hydrogen) atoms. The van der Waals surface area contributed by atoms with Crippen molar-refractivity contribution in [1.29, 1.82) is 0 Å². The molecule has 0 spiro atoms. The van der Waals surface area contributed by atoms with E-state index in [9.17, 15) is 14.4 Å². The molecule has 0 N–H and O–H groups in total. The van der Waals surface area contributed by atoms with Gasteiger partial charge in [0.15, 0.2) is 6.10 Å². The Morgan fingerprint density at radius 1 is 0.328 bits per heavy atom. The molecule has 0 saturated heterocycles. The van der Waals surface area contributed by atoms with E-state index in [-0.39, 0.29) is 37.5 Å². The predicted molar refractivity (Wildman–Crippen MR) is 274 cm³/mol. The van der Waals surface area contributed by atoms with Gasteiger partial charge in [0.05, 0.1) is 0 Å². The molecule has 0 fully saturated rings. The summed E-state index contributed by atoms with van der Waals surface area (Å²) in [6.45, 7) is 6.43. The number of rotatable bonds is 47. The highest BCUT2D eigenvalue weighted by Gasteiger charge is 2.19. The second-order valence-corrected chi connectivity index (χ2v) is 17.4. The zero-order valence-electron chi connectivity index (χ0n) is 41.8. The molecule has 0 saturated carbocycles. The van der Waals surface area contributed by atoms with Crippen molar-refractivity contribution >= 4 is 17.9 Å². The number of ether oxygens (including phenoxy) is 3. The van der Waals surface area contributed by atoms with Gasteiger partial charge in [0.25, 0.3) is 0 Å². The Kier molecular flexibility index (Phi) is 49.4. The zero-order chi connectivity index (χ0) is 46.5. The first-order valence-corrected chi connectivity index (χ1v) is 26.6. The average Bonchev–Trinajstić information content (AvgIpc) is 3.29. The van der Waals surface area contributed by atoms with Crippen molar-refractivity contribution in [2.75, 3.05) is 13.2 Å². The van der Waals surface area contributed by atoms with Crippen LogP contribution in [0.5, 0.6) is 0 Å². The fraction of sp³-hybridized carbons (Fsp3) is 0.707. The third kappa shape index (κ3) is 49.6. The summed E-state index contributed by atoms with van der Waals surface area (Å²) in [5.41, 5.74) is 0. The van der Waals surface area contributed by atoms with Crippen LogP contribution in [0, 0.1) is 0 Å². The van der Waals surface area contributed by atoms with Gasteiger partial charge in [-0.2, -0.15) is 0 Å². The summed E-state index contributed by atoms with van der Waals surface area (Å²) in [5, 5.41) is 0. The van der Waals surface area contributed by atoms with Gasteiger partial charge in [0.2, 0.25) is 0 Å². The van der Waals surface area contributed by atoms with Crippen LogP contribution < -0.4 is 0 Å². The lowest BCUT2D eigenvalue weighted by Crippen LogP contribution is -2.30. The number of allylic oxidation sites excluding steroid dienone is 14. The van der Waals surface area contributed by atoms with Gasteiger partial charge >= 0.3 is 17.9 Å². The number of carbonyl (C=O) groups is 3. The van der Waals surface area contributed by atoms with E-state index in [1.165, 1.54) is 96.3 Å². The molecule has 0 aromatic rings. The molecule has 1 atom stereocenters. The first-order chi connectivity index (χ1) is 31.5. The van der Waals surface area contributed by atoms with E-state index in [4.69, 9.17) is 14.2 Å². The van der Waals surface area contributed by atoms with E-state index in [0.717, 1.165) is 103 Å². The Morgan fingerprint density at radius 2 is 0.625 bits per heavy atom. The highest BCUT2D eigenvalue weighted by atomic mass is 16.6. The fourth-order valence-corrected chi connectivity index (χ4v) is 7.11. The quantitative estimate of drug-likeness (QED) is 0.0262. The van der Waals surface area contributed by atoms with Crippen LogP contribution in [-0.2, 0) is 28.6 Å². The number of esters is 3. The van der Waals surface area contributed by atoms with Crippen LogP contribution in [0.1, 0.15) is 245 Å². The molecule has 0 heterocycles. The molecule has 0 aromatic heterocycles. The third-order valence-corrected chi connectivity index (χ3v) is 11.1. The molecule has 0 aliphatic rings. The monoisotopic (exact) mass is 891 g/mol. The fourth-order valence-electron chi connectivity index (χ4n) is 7.11. The Balaban J connectivity index is 4.48. The first kappa shape index (κ1) is 60.6. The van der Waals surface area contributed by atoms with Crippen LogP contribution in [0.2, 0.25) is 0 Å². The number of carbonyl (C=O) groups excluding carboxylic acids is 3. The number of hydrogen-bond acceptors (Lipinski definition) is 6. The predicted octanol–water partition coefficient (Wildman–Crippen LogP) is 17.6. The summed E-state index contributed by atoms with van der Waals surface area (Å²) in [4.78, 5) is 38.0. The topological polar surface area (TPSA) is 78.9 Å². The van der Waals surface area contributed by atoms with Crippen molar-refractivity contribution in [1.82, 2.24) is 0 Å². The SMILES string of the molecule is CC/C=C\C/C=C\CCCCCCCC(=O)OCC(COC(=O)CCC/C=C\C/C=C\C/C=C\CCCCCCCC)OC(=O)CCCCCCCCC/C=C\C/C=C\CCCCC. The highest BCUT2D eigenvalue weighted by Crippen LogP contribution is 2.13. The minimum absolute atomic E-state index is 0.103. The molecule has 6 nitrogen and oxygen atoms in total. The van der Waals surface area contributed by atoms with Crippen molar-refractivity contribution in [2.24, 2.45) is 0 Å². The Bertz CT molecular complexity index is 1250. The van der Waals surface area contributed by atoms with Gasteiger partial charge < -0.3 is 14.2 Å². The molecule has 0 aliphatic heterocycles. The molecule has 1 unspecified atom stereocenters. The molecule has 0 aromatic carbocycles. The minimum atomic E-state index is -0.807. The number of unbranched alkanes of at least 4 members (excludes halogenated alkanes) is 22. The molecular weight excluding hydrogens is 793 g/mol. The standard InChI is InChI=1S/C58H98O6/c1-4-7-10-13-16-19-22-25-27-29-31-33-36-39-42-45-48-51-57(60)63-54-55(53-62-56(59)50-47-44-41-38-35-24-21-18-15-12-9-6-3)64-58(61)52-49-46-43-40-37-34-32-30-28-26-23-20-17-14-11-8-5-2/h9,12,17-18,20-21,25-28,31,33,39,42,55H,4-8,10-11,13-16,19,22-24,29-30,32,34-38,40-41,43-54H2,1-3H3/b12-9-,20-17-,21-18-,27-25-,28-26-,33-31-,42-39-. The Labute approximate surface area is 395 Å². The Hall–Kier alpha value is -3.41. The lowest BCUT2D eigenvalue weighted by molar-refractivity contribution is -0.167. The van der Waals surface area contributed by atoms with Crippen LogP contribution in [-0.4, -0.2) is 37.2 Å². The van der Waals surface area contributed by atoms with Crippen molar-refractivity contribution in [2.45, 2.75) is 252 Å². The van der Waals surface area contributed by atoms with Crippen LogP contribution >= 0.6 is 0 Å². The molecule has 6 heteroatoms. The summed E-state index contributed by atoms with van der Waals surface area (Å²) >= 11 is 0.